The van der Waals surface area contributed by atoms with Gasteiger partial charge in [-0.3, -0.25) is 4.18 Å². The third-order valence-corrected chi connectivity index (χ3v) is 7.57. The zero-order chi connectivity index (χ0) is 26.7. The summed E-state index contributed by atoms with van der Waals surface area (Å²) < 4.78 is 32.1. The molecule has 0 spiro atoms. The highest BCUT2D eigenvalue weighted by molar-refractivity contribution is 7.80. The Morgan fingerprint density at radius 3 is 1.14 bits per heavy atom. The fraction of sp³-hybridized carbons (Fsp3) is 1.00. The number of hydrogen-bond acceptors (Lipinski definition) is 5. The number of rotatable bonds is 25. The van der Waals surface area contributed by atoms with Gasteiger partial charge in [0, 0.05) is 0 Å². The lowest BCUT2D eigenvalue weighted by molar-refractivity contribution is -0.908. The van der Waals surface area contributed by atoms with Crippen molar-refractivity contribution in [3.8, 4) is 0 Å². The fourth-order valence-electron chi connectivity index (χ4n) is 4.42. The molecule has 1 unspecified atom stereocenters. The van der Waals surface area contributed by atoms with E-state index in [0.29, 0.717) is 6.61 Å². The average Bonchev–Trinajstić information content (AvgIpc) is 2.83. The van der Waals surface area contributed by atoms with Crippen LogP contribution in [0.2, 0.25) is 0 Å². The second kappa shape index (κ2) is 26.8. The largest absolute Gasteiger partial charge is 0.726 e. The molecule has 214 valence electrons. The van der Waals surface area contributed by atoms with E-state index in [1.54, 1.807) is 0 Å². The first-order valence-corrected chi connectivity index (χ1v) is 16.0. The Kier molecular flexibility index (Phi) is 28.3. The van der Waals surface area contributed by atoms with Gasteiger partial charge in [0.2, 0.25) is 10.4 Å². The van der Waals surface area contributed by atoms with Gasteiger partial charge in [-0.15, -0.1) is 0 Å². The molecule has 0 bridgehead atoms. The number of quaternary nitrogens is 1. The Bertz CT molecular complexity index is 515. The summed E-state index contributed by atoms with van der Waals surface area (Å²) in [7, 11) is -1.32. The molecule has 0 aromatic rings. The van der Waals surface area contributed by atoms with E-state index in [1.165, 1.54) is 135 Å². The van der Waals surface area contributed by atoms with Crippen molar-refractivity contribution < 1.29 is 26.7 Å². The van der Waals surface area contributed by atoms with Crippen molar-refractivity contribution in [3.05, 3.63) is 0 Å². The van der Waals surface area contributed by atoms with Crippen LogP contribution < -0.4 is 0 Å². The molecule has 0 fully saturated rings. The predicted octanol–water partition coefficient (Wildman–Crippen LogP) is 7.36. The molecule has 0 amide bonds. The van der Waals surface area contributed by atoms with Gasteiger partial charge in [0.25, 0.3) is 0 Å². The van der Waals surface area contributed by atoms with Gasteiger partial charge in [0.15, 0.2) is 0 Å². The first-order chi connectivity index (χ1) is 16.7. The minimum absolute atomic E-state index is 0.323. The van der Waals surface area contributed by atoms with E-state index in [4.69, 9.17) is 0 Å². The van der Waals surface area contributed by atoms with Crippen molar-refractivity contribution in [1.82, 2.24) is 0 Å². The molecule has 0 rings (SSSR count). The Hall–Kier alpha value is -0.210. The zero-order valence-corrected chi connectivity index (χ0v) is 24.7. The number of hydrogen-bond donors (Lipinski definition) is 1. The first kappa shape index (κ1) is 36.9. The topological polar surface area (TPSA) is 86.7 Å². The van der Waals surface area contributed by atoms with Crippen molar-refractivity contribution in [2.45, 2.75) is 142 Å². The van der Waals surface area contributed by atoms with Crippen LogP contribution in [-0.4, -0.2) is 63.0 Å². The van der Waals surface area contributed by atoms with Crippen LogP contribution in [0.5, 0.6) is 0 Å². The van der Waals surface area contributed by atoms with Gasteiger partial charge in [0.05, 0.1) is 33.9 Å². The van der Waals surface area contributed by atoms with Gasteiger partial charge in [0.1, 0.15) is 6.54 Å². The molecule has 0 aliphatic rings. The lowest BCUT2D eigenvalue weighted by Gasteiger charge is -2.32. The van der Waals surface area contributed by atoms with Crippen LogP contribution in [0.15, 0.2) is 0 Å². The lowest BCUT2D eigenvalue weighted by Crippen LogP contribution is -2.46. The van der Waals surface area contributed by atoms with Crippen LogP contribution in [0.25, 0.3) is 0 Å². The third-order valence-electron chi connectivity index (χ3n) is 7.16. The molecule has 0 radical (unpaired) electrons. The normalized spacial score (nSPS) is 13.3. The van der Waals surface area contributed by atoms with Crippen molar-refractivity contribution in [1.29, 1.82) is 0 Å². The summed E-state index contributed by atoms with van der Waals surface area (Å²) in [4.78, 5) is 0. The number of unbranched alkanes of at least 4 members (excludes halogenated alkanes) is 19. The summed E-state index contributed by atoms with van der Waals surface area (Å²) in [5, 5.41) is 9.18. The minimum atomic E-state index is -4.41. The van der Waals surface area contributed by atoms with Crippen molar-refractivity contribution in [2.24, 2.45) is 0 Å². The molecule has 0 heterocycles. The maximum absolute atomic E-state index is 9.22. The minimum Gasteiger partial charge on any atom is -0.726 e. The van der Waals surface area contributed by atoms with Crippen LogP contribution in [0.1, 0.15) is 142 Å². The van der Waals surface area contributed by atoms with Crippen LogP contribution >= 0.6 is 0 Å². The van der Waals surface area contributed by atoms with E-state index >= 15 is 0 Å². The molecular formula is C28H61NO5S. The summed E-state index contributed by atoms with van der Waals surface area (Å²) in [6.07, 6.45) is 28.9. The highest BCUT2D eigenvalue weighted by atomic mass is 32.3. The Balaban J connectivity index is 0. The van der Waals surface area contributed by atoms with Gasteiger partial charge in [-0.25, -0.2) is 8.42 Å². The average molecular weight is 524 g/mol. The van der Waals surface area contributed by atoms with Gasteiger partial charge in [-0.2, -0.15) is 0 Å². The van der Waals surface area contributed by atoms with Crippen molar-refractivity contribution in [2.75, 3.05) is 40.4 Å². The van der Waals surface area contributed by atoms with Crippen LogP contribution in [-0.2, 0) is 14.6 Å². The maximum atomic E-state index is 9.22. The van der Waals surface area contributed by atoms with E-state index in [1.807, 2.05) is 0 Å². The standard InChI is InChI=1S/C27H58NO.CH4O4S/c1-4-6-7-8-9-10-11-12-13-14-15-16-17-18-19-20-21-22-23-24-25-28(3,5-2)26-27-29;1-5-6(2,3)4/h29H,4-27H2,1-3H3;1H3,(H,2,3,4)/q+1;/p-1. The highest BCUT2D eigenvalue weighted by Crippen LogP contribution is 2.15. The summed E-state index contributed by atoms with van der Waals surface area (Å²) >= 11 is 0. The molecule has 1 atom stereocenters. The summed E-state index contributed by atoms with van der Waals surface area (Å²) in [6.45, 7) is 8.15. The number of likely N-dealkylation sites (N-methyl/N-ethyl adjacent to an activating group) is 1. The molecule has 0 aromatic carbocycles. The number of aliphatic hydroxyl groups is 1. The van der Waals surface area contributed by atoms with Crippen LogP contribution in [0, 0.1) is 0 Å². The van der Waals surface area contributed by atoms with E-state index in [2.05, 4.69) is 25.1 Å². The number of aliphatic hydroxyl groups excluding tert-OH is 1. The summed E-state index contributed by atoms with van der Waals surface area (Å²) in [6, 6.07) is 0. The van der Waals surface area contributed by atoms with E-state index in [-0.39, 0.29) is 0 Å². The SMILES string of the molecule is CCCCCCCCCCCCCCCCCCCCCC[N+](C)(CC)CCO.COS(=O)(=O)[O-]. The van der Waals surface area contributed by atoms with Gasteiger partial charge in [-0.05, 0) is 19.8 Å². The van der Waals surface area contributed by atoms with Gasteiger partial charge >= 0.3 is 0 Å². The quantitative estimate of drug-likeness (QED) is 0.0584. The van der Waals surface area contributed by atoms with Crippen molar-refractivity contribution in [3.63, 3.8) is 0 Å². The maximum Gasteiger partial charge on any atom is 0.217 e. The highest BCUT2D eigenvalue weighted by Gasteiger charge is 2.17. The molecule has 0 aliphatic carbocycles. The van der Waals surface area contributed by atoms with Crippen LogP contribution in [0.3, 0.4) is 0 Å². The molecule has 1 N–H and O–H groups in total. The number of nitrogens with zero attached hydrogens (tertiary/aromatic N) is 1. The first-order valence-electron chi connectivity index (χ1n) is 14.7. The molecule has 0 aliphatic heterocycles. The van der Waals surface area contributed by atoms with Crippen LogP contribution in [0.4, 0.5) is 0 Å². The van der Waals surface area contributed by atoms with Crippen molar-refractivity contribution >= 4 is 10.4 Å². The third kappa shape index (κ3) is 31.8. The van der Waals surface area contributed by atoms with E-state index in [9.17, 15) is 18.1 Å². The molecule has 0 saturated carbocycles. The second-order valence-electron chi connectivity index (χ2n) is 10.4. The van der Waals surface area contributed by atoms with Gasteiger partial charge < -0.3 is 14.1 Å². The Morgan fingerprint density at radius 1 is 0.629 bits per heavy atom. The molecule has 35 heavy (non-hydrogen) atoms. The van der Waals surface area contributed by atoms with Gasteiger partial charge in [-0.1, -0.05) is 122 Å². The fourth-order valence-corrected chi connectivity index (χ4v) is 4.42. The smallest absolute Gasteiger partial charge is 0.217 e. The molecule has 6 nitrogen and oxygen atoms in total. The lowest BCUT2D eigenvalue weighted by atomic mass is 10.0. The monoisotopic (exact) mass is 523 g/mol. The molecule has 0 saturated heterocycles. The van der Waals surface area contributed by atoms with E-state index < -0.39 is 10.4 Å². The molecular weight excluding hydrogens is 462 g/mol. The molecule has 7 heteroatoms. The summed E-state index contributed by atoms with van der Waals surface area (Å²) in [5.74, 6) is 0. The second-order valence-corrected chi connectivity index (χ2v) is 11.5. The Labute approximate surface area is 219 Å². The zero-order valence-electron chi connectivity index (χ0n) is 23.9. The Morgan fingerprint density at radius 2 is 0.914 bits per heavy atom. The molecule has 0 aromatic heterocycles. The summed E-state index contributed by atoms with van der Waals surface area (Å²) in [5.41, 5.74) is 0. The predicted molar refractivity (Wildman–Crippen MR) is 148 cm³/mol. The van der Waals surface area contributed by atoms with E-state index in [0.717, 1.165) is 24.7 Å².